The van der Waals surface area contributed by atoms with E-state index in [1.165, 1.54) is 6.07 Å². The van der Waals surface area contributed by atoms with Crippen molar-refractivity contribution in [2.45, 2.75) is 25.7 Å². The summed E-state index contributed by atoms with van der Waals surface area (Å²) in [6.45, 7) is 0.367. The summed E-state index contributed by atoms with van der Waals surface area (Å²) in [6.07, 6.45) is 3.14. The number of nitrogens with one attached hydrogen (secondary N) is 1. The summed E-state index contributed by atoms with van der Waals surface area (Å²) in [7, 11) is 0. The number of halogens is 1. The molecule has 2 aromatic rings. The Labute approximate surface area is 137 Å². The minimum Gasteiger partial charge on any atom is -0.481 e. The minimum atomic E-state index is -0.832. The number of aliphatic carboxylic acids is 1. The van der Waals surface area contributed by atoms with Crippen LogP contribution in [0.5, 0.6) is 0 Å². The van der Waals surface area contributed by atoms with Gasteiger partial charge in [0.15, 0.2) is 0 Å². The molecule has 0 aliphatic heterocycles. The van der Waals surface area contributed by atoms with Crippen molar-refractivity contribution in [2.24, 2.45) is 0 Å². The first-order valence-electron chi connectivity index (χ1n) is 7.20. The lowest BCUT2D eigenvalue weighted by Crippen LogP contribution is -2.29. The normalized spacial score (nSPS) is 10.7. The Morgan fingerprint density at radius 3 is 2.74 bits per heavy atom. The summed E-state index contributed by atoms with van der Waals surface area (Å²) in [5.41, 5.74) is -0.146. The summed E-state index contributed by atoms with van der Waals surface area (Å²) in [5, 5.41) is 11.8. The standard InChI is InChI=1S/C16H16ClNO5/c17-10-5-6-13-11(8-10)15(21)12(9-23-13)16(22)18-7-3-1-2-4-14(19)20/h5-6,8-9H,1-4,7H2,(H,18,22)(H,19,20). The molecule has 122 valence electrons. The molecule has 0 saturated carbocycles. The summed E-state index contributed by atoms with van der Waals surface area (Å²) in [6, 6.07) is 4.64. The van der Waals surface area contributed by atoms with Gasteiger partial charge in [-0.25, -0.2) is 0 Å². The van der Waals surface area contributed by atoms with Crippen molar-refractivity contribution in [2.75, 3.05) is 6.54 Å². The van der Waals surface area contributed by atoms with Crippen molar-refractivity contribution >= 4 is 34.4 Å². The van der Waals surface area contributed by atoms with E-state index in [0.29, 0.717) is 36.4 Å². The van der Waals surface area contributed by atoms with Gasteiger partial charge < -0.3 is 14.8 Å². The zero-order valence-corrected chi connectivity index (χ0v) is 13.1. The van der Waals surface area contributed by atoms with E-state index in [1.54, 1.807) is 12.1 Å². The van der Waals surface area contributed by atoms with Crippen LogP contribution in [0.4, 0.5) is 0 Å². The molecular formula is C16H16ClNO5. The Morgan fingerprint density at radius 2 is 2.00 bits per heavy atom. The number of benzene rings is 1. The zero-order chi connectivity index (χ0) is 16.8. The fourth-order valence-electron chi connectivity index (χ4n) is 2.14. The Morgan fingerprint density at radius 1 is 1.22 bits per heavy atom. The molecule has 0 aliphatic carbocycles. The van der Waals surface area contributed by atoms with Crippen LogP contribution in [-0.4, -0.2) is 23.5 Å². The van der Waals surface area contributed by atoms with Crippen LogP contribution in [0.1, 0.15) is 36.0 Å². The van der Waals surface area contributed by atoms with Crippen molar-refractivity contribution in [3.05, 3.63) is 45.3 Å². The molecule has 0 fully saturated rings. The molecule has 0 saturated heterocycles. The first-order chi connectivity index (χ1) is 11.0. The quantitative estimate of drug-likeness (QED) is 0.757. The molecule has 2 N–H and O–H groups in total. The first kappa shape index (κ1) is 17.0. The number of rotatable bonds is 7. The zero-order valence-electron chi connectivity index (χ0n) is 12.3. The fraction of sp³-hybridized carbons (Fsp3) is 0.312. The predicted octanol–water partition coefficient (Wildman–Crippen LogP) is 2.82. The van der Waals surface area contributed by atoms with E-state index in [2.05, 4.69) is 5.32 Å². The van der Waals surface area contributed by atoms with Crippen LogP contribution >= 0.6 is 11.6 Å². The maximum Gasteiger partial charge on any atom is 0.303 e. The number of hydrogen-bond donors (Lipinski definition) is 2. The van der Waals surface area contributed by atoms with Crippen LogP contribution < -0.4 is 10.7 Å². The van der Waals surface area contributed by atoms with Gasteiger partial charge in [0.25, 0.3) is 5.91 Å². The number of carboxylic acid groups (broad SMARTS) is 1. The Balaban J connectivity index is 1.97. The van der Waals surface area contributed by atoms with Gasteiger partial charge >= 0.3 is 5.97 Å². The third-order valence-corrected chi connectivity index (χ3v) is 3.57. The van der Waals surface area contributed by atoms with Crippen molar-refractivity contribution in [1.82, 2.24) is 5.32 Å². The highest BCUT2D eigenvalue weighted by Gasteiger charge is 2.14. The molecule has 0 aliphatic rings. The van der Waals surface area contributed by atoms with E-state index in [1.807, 2.05) is 0 Å². The van der Waals surface area contributed by atoms with E-state index < -0.39 is 17.3 Å². The summed E-state index contributed by atoms with van der Waals surface area (Å²) in [4.78, 5) is 34.7. The Hall–Kier alpha value is -2.34. The molecule has 7 heteroatoms. The molecule has 6 nitrogen and oxygen atoms in total. The second-order valence-corrected chi connectivity index (χ2v) is 5.52. The van der Waals surface area contributed by atoms with E-state index >= 15 is 0 Å². The molecule has 0 radical (unpaired) electrons. The second-order valence-electron chi connectivity index (χ2n) is 5.08. The molecule has 1 amide bonds. The summed E-state index contributed by atoms with van der Waals surface area (Å²) >= 11 is 5.85. The molecule has 0 atom stereocenters. The van der Waals surface area contributed by atoms with Gasteiger partial charge in [-0.05, 0) is 31.0 Å². The van der Waals surface area contributed by atoms with Gasteiger partial charge in [0.05, 0.1) is 5.39 Å². The molecule has 0 bridgehead atoms. The molecule has 2 rings (SSSR count). The van der Waals surface area contributed by atoms with Gasteiger partial charge in [0.1, 0.15) is 17.4 Å². The van der Waals surface area contributed by atoms with Gasteiger partial charge in [-0.3, -0.25) is 14.4 Å². The van der Waals surface area contributed by atoms with Crippen LogP contribution in [0, 0.1) is 0 Å². The van der Waals surface area contributed by atoms with Crippen molar-refractivity contribution < 1.29 is 19.1 Å². The monoisotopic (exact) mass is 337 g/mol. The van der Waals surface area contributed by atoms with Gasteiger partial charge in [0.2, 0.25) is 5.43 Å². The Bertz CT molecular complexity index is 784. The number of fused-ring (bicyclic) bond motifs is 1. The molecule has 23 heavy (non-hydrogen) atoms. The lowest BCUT2D eigenvalue weighted by molar-refractivity contribution is -0.137. The van der Waals surface area contributed by atoms with Gasteiger partial charge in [0, 0.05) is 18.0 Å². The average Bonchev–Trinajstić information content (AvgIpc) is 2.51. The third-order valence-electron chi connectivity index (χ3n) is 3.33. The lowest BCUT2D eigenvalue weighted by Gasteiger charge is -2.05. The second kappa shape index (κ2) is 7.78. The number of unbranched alkanes of at least 4 members (excludes halogenated alkanes) is 2. The fourth-order valence-corrected chi connectivity index (χ4v) is 2.31. The summed E-state index contributed by atoms with van der Waals surface area (Å²) < 4.78 is 5.29. The van der Waals surface area contributed by atoms with E-state index in [9.17, 15) is 14.4 Å². The maximum atomic E-state index is 12.3. The summed E-state index contributed by atoms with van der Waals surface area (Å²) in [5.74, 6) is -1.35. The van der Waals surface area contributed by atoms with Gasteiger partial charge in [-0.2, -0.15) is 0 Å². The van der Waals surface area contributed by atoms with Crippen molar-refractivity contribution in [3.63, 3.8) is 0 Å². The van der Waals surface area contributed by atoms with Gasteiger partial charge in [-0.1, -0.05) is 18.0 Å². The SMILES string of the molecule is O=C(O)CCCCCNC(=O)c1coc2ccc(Cl)cc2c1=O. The maximum absolute atomic E-state index is 12.3. The minimum absolute atomic E-state index is 0.0784. The topological polar surface area (TPSA) is 96.6 Å². The average molecular weight is 338 g/mol. The molecule has 0 spiro atoms. The van der Waals surface area contributed by atoms with Crippen LogP contribution in [0.25, 0.3) is 11.0 Å². The molecule has 0 unspecified atom stereocenters. The smallest absolute Gasteiger partial charge is 0.303 e. The van der Waals surface area contributed by atoms with E-state index in [-0.39, 0.29) is 17.4 Å². The number of hydrogen-bond acceptors (Lipinski definition) is 4. The van der Waals surface area contributed by atoms with Crippen LogP contribution in [0.3, 0.4) is 0 Å². The number of amides is 1. The number of carbonyl (C=O) groups excluding carboxylic acids is 1. The third kappa shape index (κ3) is 4.56. The van der Waals surface area contributed by atoms with Crippen molar-refractivity contribution in [3.8, 4) is 0 Å². The van der Waals surface area contributed by atoms with E-state index in [4.69, 9.17) is 21.1 Å². The van der Waals surface area contributed by atoms with E-state index in [0.717, 1.165) is 6.26 Å². The van der Waals surface area contributed by atoms with Crippen molar-refractivity contribution in [1.29, 1.82) is 0 Å². The first-order valence-corrected chi connectivity index (χ1v) is 7.58. The van der Waals surface area contributed by atoms with Gasteiger partial charge in [-0.15, -0.1) is 0 Å². The largest absolute Gasteiger partial charge is 0.481 e. The van der Waals surface area contributed by atoms with Crippen LogP contribution in [-0.2, 0) is 4.79 Å². The predicted molar refractivity (Wildman–Crippen MR) is 85.9 cm³/mol. The molecule has 1 aromatic heterocycles. The number of carbonyl (C=O) groups is 2. The molecular weight excluding hydrogens is 322 g/mol. The highest BCUT2D eigenvalue weighted by molar-refractivity contribution is 6.31. The Kier molecular flexibility index (Phi) is 5.76. The van der Waals surface area contributed by atoms with Crippen LogP contribution in [0.15, 0.2) is 33.7 Å². The number of carboxylic acids is 1. The molecule has 1 aromatic carbocycles. The highest BCUT2D eigenvalue weighted by atomic mass is 35.5. The van der Waals surface area contributed by atoms with Crippen LogP contribution in [0.2, 0.25) is 5.02 Å². The highest BCUT2D eigenvalue weighted by Crippen LogP contribution is 2.17. The molecule has 1 heterocycles. The lowest BCUT2D eigenvalue weighted by atomic mass is 10.1.